The summed E-state index contributed by atoms with van der Waals surface area (Å²) in [6.45, 7) is 4.14. The highest BCUT2D eigenvalue weighted by molar-refractivity contribution is 7.98. The highest BCUT2D eigenvalue weighted by Crippen LogP contribution is 2.12. The molecule has 0 heterocycles. The van der Waals surface area contributed by atoms with Gasteiger partial charge in [0.05, 0.1) is 11.9 Å². The number of allylic oxidation sites excluding steroid dienone is 1. The second-order valence-electron chi connectivity index (χ2n) is 6.26. The van der Waals surface area contributed by atoms with Gasteiger partial charge < -0.3 is 4.74 Å². The lowest BCUT2D eigenvalue weighted by Crippen LogP contribution is -2.42. The second-order valence-corrected chi connectivity index (χ2v) is 7.09. The van der Waals surface area contributed by atoms with Crippen molar-refractivity contribution < 1.29 is 14.3 Å². The molecule has 0 aliphatic rings. The van der Waals surface area contributed by atoms with Gasteiger partial charge in [0.1, 0.15) is 6.61 Å². The van der Waals surface area contributed by atoms with E-state index in [4.69, 9.17) is 4.74 Å². The Hall–Kier alpha value is -1.75. The first kappa shape index (κ1) is 22.3. The van der Waals surface area contributed by atoms with Crippen LogP contribution in [0.1, 0.15) is 51.5 Å². The number of thioether (sulfide) groups is 1. The van der Waals surface area contributed by atoms with Crippen LogP contribution in [-0.2, 0) is 16.1 Å². The highest BCUT2D eigenvalue weighted by Gasteiger charge is 2.25. The zero-order valence-corrected chi connectivity index (χ0v) is 17.0. The Labute approximate surface area is 162 Å². The fourth-order valence-corrected chi connectivity index (χ4v) is 3.05. The summed E-state index contributed by atoms with van der Waals surface area (Å²) < 4.78 is 5.38. The largest absolute Gasteiger partial charge is 0.445 e. The van der Waals surface area contributed by atoms with Crippen molar-refractivity contribution in [3.05, 3.63) is 48.0 Å². The third-order valence-corrected chi connectivity index (χ3v) is 4.63. The Kier molecular flexibility index (Phi) is 11.5. The van der Waals surface area contributed by atoms with Crippen molar-refractivity contribution in [2.75, 3.05) is 12.1 Å². The second kappa shape index (κ2) is 13.5. The van der Waals surface area contributed by atoms with E-state index in [1.807, 2.05) is 42.7 Å². The van der Waals surface area contributed by atoms with E-state index in [2.05, 4.69) is 6.92 Å². The number of ketones is 1. The Morgan fingerprint density at radius 3 is 2.58 bits per heavy atom. The maximum atomic E-state index is 12.4. The summed E-state index contributed by atoms with van der Waals surface area (Å²) in [6.07, 6.45) is 10.6. The van der Waals surface area contributed by atoms with Gasteiger partial charge >= 0.3 is 6.09 Å². The molecule has 0 aliphatic carbocycles. The van der Waals surface area contributed by atoms with Gasteiger partial charge in [0.2, 0.25) is 0 Å². The van der Waals surface area contributed by atoms with Crippen molar-refractivity contribution in [2.45, 2.75) is 58.6 Å². The first-order valence-electron chi connectivity index (χ1n) is 9.26. The normalized spacial score (nSPS) is 12.1. The molecule has 0 saturated carbocycles. The molecule has 0 fully saturated rings. The molecule has 4 nitrogen and oxygen atoms in total. The summed E-state index contributed by atoms with van der Waals surface area (Å²) in [7, 11) is 0. The third kappa shape index (κ3) is 8.56. The molecule has 26 heavy (non-hydrogen) atoms. The number of hydrogen-bond acceptors (Lipinski definition) is 4. The number of rotatable bonds is 12. The van der Waals surface area contributed by atoms with Crippen LogP contribution in [-0.4, -0.2) is 35.0 Å². The van der Waals surface area contributed by atoms with Crippen molar-refractivity contribution >= 4 is 23.6 Å². The number of amides is 1. The summed E-state index contributed by atoms with van der Waals surface area (Å²) in [5.74, 6) is 0.358. The van der Waals surface area contributed by atoms with Gasteiger partial charge in [-0.3, -0.25) is 9.69 Å². The molecule has 0 N–H and O–H groups in total. The Morgan fingerprint density at radius 1 is 1.19 bits per heavy atom. The minimum atomic E-state index is -0.530. The third-order valence-electron chi connectivity index (χ3n) is 4.09. The molecule has 0 aliphatic heterocycles. The zero-order valence-electron chi connectivity index (χ0n) is 16.1. The van der Waals surface area contributed by atoms with Crippen LogP contribution in [0.2, 0.25) is 0 Å². The van der Waals surface area contributed by atoms with Crippen LogP contribution in [0.25, 0.3) is 0 Å². The molecule has 0 saturated heterocycles. The van der Waals surface area contributed by atoms with Crippen molar-refractivity contribution in [2.24, 2.45) is 0 Å². The summed E-state index contributed by atoms with van der Waals surface area (Å²) >= 11 is 1.49. The molecular weight excluding hydrogens is 346 g/mol. The van der Waals surface area contributed by atoms with Crippen LogP contribution in [0, 0.1) is 0 Å². The maximum Gasteiger partial charge on any atom is 0.411 e. The average Bonchev–Trinajstić information content (AvgIpc) is 2.67. The van der Waals surface area contributed by atoms with Crippen molar-refractivity contribution in [3.63, 3.8) is 0 Å². The average molecular weight is 378 g/mol. The van der Waals surface area contributed by atoms with Crippen LogP contribution in [0.15, 0.2) is 42.5 Å². The number of carbonyl (C=O) groups is 2. The molecule has 1 aromatic rings. The van der Waals surface area contributed by atoms with Gasteiger partial charge in [0.15, 0.2) is 5.78 Å². The first-order valence-corrected chi connectivity index (χ1v) is 10.7. The topological polar surface area (TPSA) is 46.6 Å². The lowest BCUT2D eigenvalue weighted by atomic mass is 10.1. The van der Waals surface area contributed by atoms with Crippen LogP contribution in [0.5, 0.6) is 0 Å². The highest BCUT2D eigenvalue weighted by atomic mass is 32.2. The molecule has 1 atom stereocenters. The molecule has 0 radical (unpaired) electrons. The van der Waals surface area contributed by atoms with Crippen LogP contribution >= 0.6 is 11.8 Å². The summed E-state index contributed by atoms with van der Waals surface area (Å²) in [5.41, 5.74) is 0.927. The number of carbonyl (C=O) groups excluding carboxylic acids is 2. The monoisotopic (exact) mass is 377 g/mol. The van der Waals surface area contributed by atoms with Gasteiger partial charge in [0.25, 0.3) is 0 Å². The van der Waals surface area contributed by atoms with E-state index in [0.717, 1.165) is 18.4 Å². The molecule has 5 heteroatoms. The summed E-state index contributed by atoms with van der Waals surface area (Å²) in [4.78, 5) is 26.3. The van der Waals surface area contributed by atoms with Crippen LogP contribution < -0.4 is 0 Å². The molecule has 0 unspecified atom stereocenters. The molecule has 1 amide bonds. The van der Waals surface area contributed by atoms with Gasteiger partial charge in [-0.2, -0.15) is 0 Å². The van der Waals surface area contributed by atoms with Crippen molar-refractivity contribution in [1.82, 2.24) is 4.90 Å². The molecule has 1 rings (SSSR count). The van der Waals surface area contributed by atoms with E-state index in [1.165, 1.54) is 35.9 Å². The number of hydrogen-bond donors (Lipinski definition) is 0. The predicted molar refractivity (Wildman–Crippen MR) is 109 cm³/mol. The minimum Gasteiger partial charge on any atom is -0.445 e. The standard InChI is InChI=1S/C21H31NO3S/c1-4-5-6-7-8-12-15-20(23)18(2)22(17-26-3)21(24)25-16-19-13-10-9-11-14-19/h9-15,18H,4-8,16-17H2,1-3H3/b15-12+/t18-/m0/s1. The maximum absolute atomic E-state index is 12.4. The van der Waals surface area contributed by atoms with E-state index >= 15 is 0 Å². The molecule has 1 aromatic carbocycles. The van der Waals surface area contributed by atoms with Crippen LogP contribution in [0.4, 0.5) is 4.79 Å². The van der Waals surface area contributed by atoms with E-state index in [1.54, 1.807) is 13.0 Å². The number of ether oxygens (including phenoxy) is 1. The van der Waals surface area contributed by atoms with E-state index in [-0.39, 0.29) is 12.4 Å². The molecule has 144 valence electrons. The first-order chi connectivity index (χ1) is 12.6. The van der Waals surface area contributed by atoms with Gasteiger partial charge in [-0.15, -0.1) is 11.8 Å². The van der Waals surface area contributed by atoms with E-state index in [0.29, 0.717) is 5.88 Å². The van der Waals surface area contributed by atoms with Gasteiger partial charge in [0, 0.05) is 0 Å². The molecular formula is C21H31NO3S. The van der Waals surface area contributed by atoms with Crippen LogP contribution in [0.3, 0.4) is 0 Å². The minimum absolute atomic E-state index is 0.0637. The quantitative estimate of drug-likeness (QED) is 0.277. The summed E-state index contributed by atoms with van der Waals surface area (Å²) in [6, 6.07) is 9.00. The SMILES string of the molecule is CCCCCC/C=C/C(=O)[C@H](C)N(CSC)C(=O)OCc1ccccc1. The fraction of sp³-hybridized carbons (Fsp3) is 0.524. The van der Waals surface area contributed by atoms with E-state index in [9.17, 15) is 9.59 Å². The smallest absolute Gasteiger partial charge is 0.411 e. The zero-order chi connectivity index (χ0) is 19.2. The number of benzene rings is 1. The molecule has 0 bridgehead atoms. The lowest BCUT2D eigenvalue weighted by molar-refractivity contribution is -0.118. The molecule has 0 spiro atoms. The van der Waals surface area contributed by atoms with Gasteiger partial charge in [-0.25, -0.2) is 4.79 Å². The fourth-order valence-electron chi connectivity index (χ4n) is 2.45. The van der Waals surface area contributed by atoms with Gasteiger partial charge in [-0.1, -0.05) is 62.6 Å². The molecule has 0 aromatic heterocycles. The van der Waals surface area contributed by atoms with Gasteiger partial charge in [-0.05, 0) is 37.7 Å². The van der Waals surface area contributed by atoms with Crippen molar-refractivity contribution in [1.29, 1.82) is 0 Å². The summed E-state index contributed by atoms with van der Waals surface area (Å²) in [5, 5.41) is 0. The number of unbranched alkanes of at least 4 members (excludes halogenated alkanes) is 4. The lowest BCUT2D eigenvalue weighted by Gasteiger charge is -2.26. The van der Waals surface area contributed by atoms with Crippen molar-refractivity contribution in [3.8, 4) is 0 Å². The Bertz CT molecular complexity index is 560. The Balaban J connectivity index is 2.53. The Morgan fingerprint density at radius 2 is 1.92 bits per heavy atom. The van der Waals surface area contributed by atoms with E-state index < -0.39 is 12.1 Å². The number of nitrogens with zero attached hydrogens (tertiary/aromatic N) is 1. The predicted octanol–water partition coefficient (Wildman–Crippen LogP) is 5.43.